The first-order valence-corrected chi connectivity index (χ1v) is 6.88. The smallest absolute Gasteiger partial charge is 0.341 e. The van der Waals surface area contributed by atoms with E-state index in [-0.39, 0.29) is 34.8 Å². The number of aliphatic hydroxyl groups is 1. The number of methoxy groups -OCH3 is 1. The number of hydrogen-bond donors (Lipinski definition) is 3. The summed E-state index contributed by atoms with van der Waals surface area (Å²) in [5.74, 6) is -1.78. The Labute approximate surface area is 131 Å². The van der Waals surface area contributed by atoms with Crippen molar-refractivity contribution in [2.24, 2.45) is 0 Å². The van der Waals surface area contributed by atoms with Crippen LogP contribution < -0.4 is 0 Å². The van der Waals surface area contributed by atoms with E-state index >= 15 is 0 Å². The number of esters is 1. The molecule has 0 fully saturated rings. The van der Waals surface area contributed by atoms with Crippen molar-refractivity contribution >= 4 is 28.6 Å². The highest BCUT2D eigenvalue weighted by molar-refractivity contribution is 6.13. The number of hydrogen-bond acceptors (Lipinski definition) is 6. The molecule has 0 bridgehead atoms. The fourth-order valence-electron chi connectivity index (χ4n) is 3.00. The molecule has 0 amide bonds. The molecule has 0 spiro atoms. The van der Waals surface area contributed by atoms with E-state index in [0.29, 0.717) is 21.9 Å². The number of Topliss-reactive ketones (excluding diaryl/α,β-unsaturated/α-hetero) is 1. The number of phenols is 2. The maximum absolute atomic E-state index is 12.1. The van der Waals surface area contributed by atoms with Gasteiger partial charge in [-0.2, -0.15) is 0 Å². The van der Waals surface area contributed by atoms with Gasteiger partial charge in [-0.3, -0.25) is 4.79 Å². The van der Waals surface area contributed by atoms with Crippen LogP contribution in [0.5, 0.6) is 11.5 Å². The van der Waals surface area contributed by atoms with Crippen molar-refractivity contribution in [1.82, 2.24) is 0 Å². The van der Waals surface area contributed by atoms with E-state index in [1.807, 2.05) is 0 Å². The molecular formula is C17H14O6. The lowest BCUT2D eigenvalue weighted by molar-refractivity contribution is 0.0596. The van der Waals surface area contributed by atoms with Gasteiger partial charge in [0.2, 0.25) is 0 Å². The van der Waals surface area contributed by atoms with Crippen LogP contribution in [0.25, 0.3) is 16.8 Å². The second-order valence-corrected chi connectivity index (χ2v) is 5.41. The third-order valence-electron chi connectivity index (χ3n) is 3.99. The molecule has 0 saturated heterocycles. The first-order chi connectivity index (χ1) is 10.8. The summed E-state index contributed by atoms with van der Waals surface area (Å²) in [7, 11) is 1.19. The van der Waals surface area contributed by atoms with E-state index in [0.717, 1.165) is 0 Å². The molecule has 2 aromatic rings. The zero-order chi connectivity index (χ0) is 16.9. The number of carbonyl (C=O) groups is 2. The standard InChI is InChI=1S/C17H14O6/c1-7-13-9(5-11(19)14(7)17(22)23-2)3-8-4-10(18)6-12(20)15(8)16(13)21/h3-5,18-19,21H,6H2,1-2H3. The maximum atomic E-state index is 12.1. The van der Waals surface area contributed by atoms with Gasteiger partial charge in [0.15, 0.2) is 5.78 Å². The monoisotopic (exact) mass is 314 g/mol. The zero-order valence-corrected chi connectivity index (χ0v) is 12.5. The van der Waals surface area contributed by atoms with Crippen LogP contribution in [-0.4, -0.2) is 34.2 Å². The van der Waals surface area contributed by atoms with Crippen LogP contribution in [0.1, 0.15) is 38.3 Å². The number of allylic oxidation sites excluding steroid dienone is 1. The summed E-state index contributed by atoms with van der Waals surface area (Å²) >= 11 is 0. The van der Waals surface area contributed by atoms with Gasteiger partial charge >= 0.3 is 5.97 Å². The molecule has 0 saturated carbocycles. The molecule has 0 unspecified atom stereocenters. The van der Waals surface area contributed by atoms with Crippen LogP contribution in [0.15, 0.2) is 17.9 Å². The van der Waals surface area contributed by atoms with Crippen molar-refractivity contribution < 1.29 is 29.6 Å². The molecule has 3 N–H and O–H groups in total. The average Bonchev–Trinajstić information content (AvgIpc) is 2.45. The van der Waals surface area contributed by atoms with Gasteiger partial charge in [-0.1, -0.05) is 0 Å². The molecule has 118 valence electrons. The molecule has 0 atom stereocenters. The Morgan fingerprint density at radius 1 is 1.22 bits per heavy atom. The summed E-state index contributed by atoms with van der Waals surface area (Å²) in [5.41, 5.74) is 0.726. The van der Waals surface area contributed by atoms with Crippen molar-refractivity contribution in [3.05, 3.63) is 40.1 Å². The number of ketones is 1. The Morgan fingerprint density at radius 3 is 2.57 bits per heavy atom. The number of benzene rings is 2. The lowest BCUT2D eigenvalue weighted by Gasteiger charge is -2.18. The Kier molecular flexibility index (Phi) is 3.25. The summed E-state index contributed by atoms with van der Waals surface area (Å²) in [5, 5.41) is 31.0. The SMILES string of the molecule is COC(=O)c1c(O)cc2cc3c(c(O)c2c1C)C(=O)CC(O)=C3. The second kappa shape index (κ2) is 5.01. The summed E-state index contributed by atoms with van der Waals surface area (Å²) in [4.78, 5) is 23.9. The van der Waals surface area contributed by atoms with Gasteiger partial charge in [0.05, 0.1) is 19.1 Å². The van der Waals surface area contributed by atoms with Crippen LogP contribution in [-0.2, 0) is 4.74 Å². The highest BCUT2D eigenvalue weighted by Crippen LogP contribution is 2.41. The molecule has 0 radical (unpaired) electrons. The summed E-state index contributed by atoms with van der Waals surface area (Å²) in [6.07, 6.45) is 1.21. The van der Waals surface area contributed by atoms with Gasteiger partial charge in [-0.05, 0) is 41.6 Å². The van der Waals surface area contributed by atoms with E-state index in [2.05, 4.69) is 4.74 Å². The van der Waals surface area contributed by atoms with Gasteiger partial charge in [0.1, 0.15) is 22.8 Å². The van der Waals surface area contributed by atoms with Crippen molar-refractivity contribution in [3.8, 4) is 11.5 Å². The highest BCUT2D eigenvalue weighted by Gasteiger charge is 2.27. The first kappa shape index (κ1) is 14.9. The number of ether oxygens (including phenoxy) is 1. The zero-order valence-electron chi connectivity index (χ0n) is 12.5. The minimum atomic E-state index is -0.733. The fourth-order valence-corrected chi connectivity index (χ4v) is 3.00. The van der Waals surface area contributed by atoms with Crippen molar-refractivity contribution in [1.29, 1.82) is 0 Å². The predicted molar refractivity (Wildman–Crippen MR) is 82.9 cm³/mol. The molecule has 1 aliphatic carbocycles. The minimum absolute atomic E-state index is 0.0584. The van der Waals surface area contributed by atoms with Gasteiger partial charge in [-0.25, -0.2) is 4.79 Å². The van der Waals surface area contributed by atoms with Gasteiger partial charge in [-0.15, -0.1) is 0 Å². The number of carbonyl (C=O) groups excluding carboxylic acids is 2. The molecule has 1 aliphatic rings. The summed E-state index contributed by atoms with van der Waals surface area (Å²) in [6.45, 7) is 1.56. The molecule has 23 heavy (non-hydrogen) atoms. The van der Waals surface area contributed by atoms with E-state index in [1.165, 1.54) is 19.3 Å². The van der Waals surface area contributed by atoms with Crippen LogP contribution >= 0.6 is 0 Å². The number of aliphatic hydroxyl groups excluding tert-OH is 1. The molecular weight excluding hydrogens is 300 g/mol. The summed E-state index contributed by atoms with van der Waals surface area (Å²) < 4.78 is 4.64. The second-order valence-electron chi connectivity index (χ2n) is 5.41. The maximum Gasteiger partial charge on any atom is 0.341 e. The predicted octanol–water partition coefficient (Wildman–Crippen LogP) is 2.83. The topological polar surface area (TPSA) is 104 Å². The van der Waals surface area contributed by atoms with Crippen LogP contribution in [0, 0.1) is 6.92 Å². The van der Waals surface area contributed by atoms with Crippen molar-refractivity contribution in [2.75, 3.05) is 7.11 Å². The Morgan fingerprint density at radius 2 is 1.91 bits per heavy atom. The molecule has 6 heteroatoms. The number of aryl methyl sites for hydroxylation is 1. The minimum Gasteiger partial charge on any atom is -0.512 e. The van der Waals surface area contributed by atoms with Crippen LogP contribution in [0.4, 0.5) is 0 Å². The summed E-state index contributed by atoms with van der Waals surface area (Å²) in [6, 6.07) is 2.89. The molecule has 0 aromatic heterocycles. The van der Waals surface area contributed by atoms with Crippen molar-refractivity contribution in [3.63, 3.8) is 0 Å². The van der Waals surface area contributed by atoms with Gasteiger partial charge < -0.3 is 20.1 Å². The average molecular weight is 314 g/mol. The van der Waals surface area contributed by atoms with E-state index in [9.17, 15) is 24.9 Å². The van der Waals surface area contributed by atoms with Crippen LogP contribution in [0.2, 0.25) is 0 Å². The molecule has 3 rings (SSSR count). The molecule has 0 aliphatic heterocycles. The third kappa shape index (κ3) is 2.11. The molecule has 2 aromatic carbocycles. The number of fused-ring (bicyclic) bond motifs is 2. The quantitative estimate of drug-likeness (QED) is 0.699. The first-order valence-electron chi connectivity index (χ1n) is 6.88. The fraction of sp³-hybridized carbons (Fsp3) is 0.176. The Bertz CT molecular complexity index is 907. The lowest BCUT2D eigenvalue weighted by Crippen LogP contribution is -2.10. The highest BCUT2D eigenvalue weighted by atomic mass is 16.5. The third-order valence-corrected chi connectivity index (χ3v) is 3.99. The number of phenolic OH excluding ortho intramolecular Hbond substituents is 2. The van der Waals surface area contributed by atoms with E-state index < -0.39 is 11.8 Å². The van der Waals surface area contributed by atoms with Crippen molar-refractivity contribution in [2.45, 2.75) is 13.3 Å². The normalized spacial score (nSPS) is 13.7. The van der Waals surface area contributed by atoms with E-state index in [4.69, 9.17) is 0 Å². The van der Waals surface area contributed by atoms with Gasteiger partial charge in [0.25, 0.3) is 0 Å². The molecule has 0 heterocycles. The Balaban J connectivity index is 2.44. The van der Waals surface area contributed by atoms with Crippen LogP contribution in [0.3, 0.4) is 0 Å². The number of aromatic hydroxyl groups is 2. The van der Waals surface area contributed by atoms with E-state index in [1.54, 1.807) is 13.0 Å². The number of rotatable bonds is 1. The largest absolute Gasteiger partial charge is 0.512 e. The molecule has 6 nitrogen and oxygen atoms in total. The lowest BCUT2D eigenvalue weighted by atomic mass is 9.88. The van der Waals surface area contributed by atoms with Gasteiger partial charge in [0, 0.05) is 5.39 Å². The Hall–Kier alpha value is -3.02.